The summed E-state index contributed by atoms with van der Waals surface area (Å²) in [5.74, 6) is -0.420. The summed E-state index contributed by atoms with van der Waals surface area (Å²) in [5.41, 5.74) is 0.281. The first-order valence-electron chi connectivity index (χ1n) is 6.64. The maximum atomic E-state index is 12.1. The van der Waals surface area contributed by atoms with Crippen LogP contribution in [0.15, 0.2) is 24.3 Å². The Hall–Kier alpha value is -1.59. The lowest BCUT2D eigenvalue weighted by atomic mass is 9.98. The minimum Gasteiger partial charge on any atom is -0.406 e. The van der Waals surface area contributed by atoms with E-state index >= 15 is 0 Å². The fraction of sp³-hybridized carbons (Fsp3) is 0.538. The highest BCUT2D eigenvalue weighted by Gasteiger charge is 2.43. The van der Waals surface area contributed by atoms with Crippen molar-refractivity contribution in [2.24, 2.45) is 0 Å². The number of hydrogen-bond donors (Lipinski definition) is 5. The largest absolute Gasteiger partial charge is 0.573 e. The van der Waals surface area contributed by atoms with E-state index in [0.717, 1.165) is 12.1 Å². The van der Waals surface area contributed by atoms with Crippen molar-refractivity contribution in [3.8, 4) is 5.75 Å². The van der Waals surface area contributed by atoms with Gasteiger partial charge in [-0.2, -0.15) is 0 Å². The Morgan fingerprint density at radius 1 is 1.04 bits per heavy atom. The number of halogens is 3. The van der Waals surface area contributed by atoms with Crippen molar-refractivity contribution >= 4 is 5.69 Å². The molecule has 2 rings (SSSR count). The molecule has 1 heterocycles. The number of aliphatic hydroxyl groups excluding tert-OH is 4. The third-order valence-electron chi connectivity index (χ3n) is 3.29. The standard InChI is InChI=1S/C13H16F3NO6/c14-13(15,16)23-7-3-1-6(2-4-7)17-12-11(21)10(20)9(19)8(5-18)22-12/h1-4,8-12,17-21H,5H2/t8-,9+,10+,11+,12-/m0/s1. The lowest BCUT2D eigenvalue weighted by Gasteiger charge is -2.40. The summed E-state index contributed by atoms with van der Waals surface area (Å²) in [5, 5.41) is 40.8. The number of benzene rings is 1. The minimum absolute atomic E-state index is 0.281. The van der Waals surface area contributed by atoms with Crippen molar-refractivity contribution in [3.05, 3.63) is 24.3 Å². The summed E-state index contributed by atoms with van der Waals surface area (Å²) in [4.78, 5) is 0. The van der Waals surface area contributed by atoms with Crippen LogP contribution in [0, 0.1) is 0 Å². The van der Waals surface area contributed by atoms with Crippen molar-refractivity contribution in [1.82, 2.24) is 0 Å². The Morgan fingerprint density at radius 2 is 1.65 bits per heavy atom. The van der Waals surface area contributed by atoms with Crippen LogP contribution in [-0.2, 0) is 4.74 Å². The van der Waals surface area contributed by atoms with Gasteiger partial charge in [0.1, 0.15) is 30.2 Å². The molecule has 5 N–H and O–H groups in total. The van der Waals surface area contributed by atoms with Crippen molar-refractivity contribution in [3.63, 3.8) is 0 Å². The number of nitrogens with one attached hydrogen (secondary N) is 1. The zero-order valence-electron chi connectivity index (χ0n) is 11.6. The Labute approximate surface area is 128 Å². The molecule has 0 saturated carbocycles. The van der Waals surface area contributed by atoms with E-state index in [0.29, 0.717) is 0 Å². The van der Waals surface area contributed by atoms with Crippen LogP contribution in [0.4, 0.5) is 18.9 Å². The Morgan fingerprint density at radius 3 is 2.17 bits per heavy atom. The molecule has 0 amide bonds. The predicted octanol–water partition coefficient (Wildman–Crippen LogP) is -0.203. The lowest BCUT2D eigenvalue weighted by Crippen LogP contribution is -2.60. The van der Waals surface area contributed by atoms with Crippen LogP contribution in [0.5, 0.6) is 5.75 Å². The van der Waals surface area contributed by atoms with E-state index in [4.69, 9.17) is 9.84 Å². The second kappa shape index (κ2) is 6.89. The van der Waals surface area contributed by atoms with Crippen LogP contribution in [0.2, 0.25) is 0 Å². The van der Waals surface area contributed by atoms with Crippen LogP contribution in [0.1, 0.15) is 0 Å². The number of aliphatic hydroxyl groups is 4. The molecular formula is C13H16F3NO6. The SMILES string of the molecule is OC[C@@H]1O[C@H](Nc2ccc(OC(F)(F)F)cc2)[C@H](O)[C@H](O)[C@@H]1O. The van der Waals surface area contributed by atoms with Crippen molar-refractivity contribution in [1.29, 1.82) is 0 Å². The summed E-state index contributed by atoms with van der Waals surface area (Å²) in [6, 6.07) is 4.62. The van der Waals surface area contributed by atoms with Crippen molar-refractivity contribution in [2.45, 2.75) is 37.0 Å². The summed E-state index contributed by atoms with van der Waals surface area (Å²) < 4.78 is 45.1. The van der Waals surface area contributed by atoms with E-state index in [1.165, 1.54) is 12.1 Å². The third kappa shape index (κ3) is 4.45. The smallest absolute Gasteiger partial charge is 0.406 e. The van der Waals surface area contributed by atoms with E-state index in [-0.39, 0.29) is 5.69 Å². The second-order valence-electron chi connectivity index (χ2n) is 4.97. The molecule has 0 aromatic heterocycles. The van der Waals surface area contributed by atoms with Gasteiger partial charge < -0.3 is 35.2 Å². The molecule has 1 aliphatic rings. The van der Waals surface area contributed by atoms with Crippen LogP contribution in [-0.4, -0.2) is 64.0 Å². The van der Waals surface area contributed by atoms with Gasteiger partial charge in [0.15, 0.2) is 6.23 Å². The molecule has 1 aromatic carbocycles. The van der Waals surface area contributed by atoms with Crippen LogP contribution < -0.4 is 10.1 Å². The lowest BCUT2D eigenvalue weighted by molar-refractivity contribution is -0.274. The number of hydrogen-bond acceptors (Lipinski definition) is 7. The molecule has 1 saturated heterocycles. The molecule has 0 aliphatic carbocycles. The van der Waals surface area contributed by atoms with Crippen molar-refractivity contribution in [2.75, 3.05) is 11.9 Å². The molecule has 5 atom stereocenters. The average molecular weight is 339 g/mol. The molecule has 0 radical (unpaired) electrons. The second-order valence-corrected chi connectivity index (χ2v) is 4.97. The average Bonchev–Trinajstić information content (AvgIpc) is 2.48. The zero-order valence-corrected chi connectivity index (χ0v) is 11.6. The van der Waals surface area contributed by atoms with E-state index in [9.17, 15) is 28.5 Å². The number of ether oxygens (including phenoxy) is 2. The molecule has 10 heteroatoms. The molecule has 0 unspecified atom stereocenters. The van der Waals surface area contributed by atoms with E-state index < -0.39 is 49.4 Å². The summed E-state index contributed by atoms with van der Waals surface area (Å²) in [6.07, 6.45) is -11.6. The van der Waals surface area contributed by atoms with E-state index in [1.807, 2.05) is 0 Å². The fourth-order valence-corrected chi connectivity index (χ4v) is 2.14. The molecule has 1 aliphatic heterocycles. The van der Waals surface area contributed by atoms with Gasteiger partial charge in [0.25, 0.3) is 0 Å². The number of anilines is 1. The molecule has 1 aromatic rings. The quantitative estimate of drug-likeness (QED) is 0.516. The maximum Gasteiger partial charge on any atom is 0.573 e. The molecule has 130 valence electrons. The highest BCUT2D eigenvalue weighted by Crippen LogP contribution is 2.26. The topological polar surface area (TPSA) is 111 Å². The summed E-state index contributed by atoms with van der Waals surface area (Å²) in [7, 11) is 0. The number of alkyl halides is 3. The number of rotatable bonds is 4. The van der Waals surface area contributed by atoms with Gasteiger partial charge in [0.2, 0.25) is 0 Å². The van der Waals surface area contributed by atoms with Crippen LogP contribution >= 0.6 is 0 Å². The van der Waals surface area contributed by atoms with Gasteiger partial charge in [-0.15, -0.1) is 13.2 Å². The fourth-order valence-electron chi connectivity index (χ4n) is 2.14. The first kappa shape index (κ1) is 17.8. The van der Waals surface area contributed by atoms with Gasteiger partial charge in [-0.25, -0.2) is 0 Å². The van der Waals surface area contributed by atoms with Crippen LogP contribution in [0.25, 0.3) is 0 Å². The highest BCUT2D eigenvalue weighted by atomic mass is 19.4. The molecule has 7 nitrogen and oxygen atoms in total. The molecule has 23 heavy (non-hydrogen) atoms. The van der Waals surface area contributed by atoms with Gasteiger partial charge >= 0.3 is 6.36 Å². The first-order chi connectivity index (χ1) is 10.7. The van der Waals surface area contributed by atoms with Gasteiger partial charge in [-0.05, 0) is 24.3 Å². The van der Waals surface area contributed by atoms with Crippen LogP contribution in [0.3, 0.4) is 0 Å². The molecule has 0 spiro atoms. The van der Waals surface area contributed by atoms with Gasteiger partial charge in [0.05, 0.1) is 6.61 Å². The van der Waals surface area contributed by atoms with Gasteiger partial charge in [0, 0.05) is 5.69 Å². The normalized spacial score (nSPS) is 31.7. The van der Waals surface area contributed by atoms with Crippen molar-refractivity contribution < 1.29 is 43.1 Å². The first-order valence-corrected chi connectivity index (χ1v) is 6.64. The third-order valence-corrected chi connectivity index (χ3v) is 3.29. The van der Waals surface area contributed by atoms with E-state index in [2.05, 4.69) is 10.1 Å². The molecule has 0 bridgehead atoms. The maximum absolute atomic E-state index is 12.1. The Kier molecular flexibility index (Phi) is 5.32. The monoisotopic (exact) mass is 339 g/mol. The van der Waals surface area contributed by atoms with E-state index in [1.54, 1.807) is 0 Å². The summed E-state index contributed by atoms with van der Waals surface area (Å²) in [6.45, 7) is -0.582. The predicted molar refractivity (Wildman–Crippen MR) is 70.5 cm³/mol. The molecular weight excluding hydrogens is 323 g/mol. The zero-order chi connectivity index (χ0) is 17.2. The Balaban J connectivity index is 2.03. The Bertz CT molecular complexity index is 509. The minimum atomic E-state index is -4.80. The highest BCUT2D eigenvalue weighted by molar-refractivity contribution is 5.47. The van der Waals surface area contributed by atoms with Gasteiger partial charge in [-0.3, -0.25) is 0 Å². The molecule has 1 fully saturated rings. The van der Waals surface area contributed by atoms with Gasteiger partial charge in [-0.1, -0.05) is 0 Å². The summed E-state index contributed by atoms with van der Waals surface area (Å²) >= 11 is 0.